The number of nitro benzene ring substituents is 1. The Morgan fingerprint density at radius 3 is 2.81 bits per heavy atom. The average molecular weight is 296 g/mol. The van der Waals surface area contributed by atoms with Crippen molar-refractivity contribution in [1.29, 1.82) is 0 Å². The lowest BCUT2D eigenvalue weighted by molar-refractivity contribution is -0.383. The zero-order chi connectivity index (χ0) is 15.1. The van der Waals surface area contributed by atoms with Crippen molar-refractivity contribution >= 4 is 16.7 Å². The van der Waals surface area contributed by atoms with E-state index in [-0.39, 0.29) is 23.3 Å². The molecule has 1 saturated heterocycles. The van der Waals surface area contributed by atoms with Crippen LogP contribution in [-0.4, -0.2) is 60.2 Å². The van der Waals surface area contributed by atoms with Gasteiger partial charge in [0.15, 0.2) is 11.7 Å². The molecule has 112 valence electrons. The van der Waals surface area contributed by atoms with E-state index >= 15 is 0 Å². The molecule has 21 heavy (non-hydrogen) atoms. The fourth-order valence-corrected chi connectivity index (χ4v) is 2.29. The minimum Gasteiger partial charge on any atom is -0.388 e. The molecule has 0 saturated carbocycles. The summed E-state index contributed by atoms with van der Waals surface area (Å²) in [4.78, 5) is 10.3. The molecule has 0 radical (unpaired) electrons. The van der Waals surface area contributed by atoms with E-state index in [2.05, 4.69) is 10.3 Å². The third-order valence-corrected chi connectivity index (χ3v) is 3.39. The summed E-state index contributed by atoms with van der Waals surface area (Å²) in [5, 5.41) is 47.5. The molecule has 0 bridgehead atoms. The molecule has 10 nitrogen and oxygen atoms in total. The maximum atomic E-state index is 10.9. The van der Waals surface area contributed by atoms with Crippen LogP contribution in [0.1, 0.15) is 6.23 Å². The topological polar surface area (TPSA) is 144 Å². The molecule has 2 aromatic rings. The van der Waals surface area contributed by atoms with E-state index < -0.39 is 29.5 Å². The Balaban J connectivity index is 2.06. The fourth-order valence-electron chi connectivity index (χ4n) is 2.29. The lowest BCUT2D eigenvalue weighted by Gasteiger charge is -2.34. The van der Waals surface area contributed by atoms with Crippen molar-refractivity contribution in [3.8, 4) is 0 Å². The van der Waals surface area contributed by atoms with Gasteiger partial charge in [0.1, 0.15) is 18.3 Å². The number of rotatable bonds is 2. The summed E-state index contributed by atoms with van der Waals surface area (Å²) in [5.41, 5.74) is 0.125. The van der Waals surface area contributed by atoms with E-state index in [1.807, 2.05) is 0 Å². The van der Waals surface area contributed by atoms with Gasteiger partial charge in [0.05, 0.1) is 17.0 Å². The van der Waals surface area contributed by atoms with E-state index in [1.54, 1.807) is 0 Å². The average Bonchev–Trinajstić information content (AvgIpc) is 2.88. The molecule has 0 spiro atoms. The smallest absolute Gasteiger partial charge is 0.299 e. The van der Waals surface area contributed by atoms with Crippen LogP contribution in [0.15, 0.2) is 18.2 Å². The van der Waals surface area contributed by atoms with E-state index in [9.17, 15) is 25.4 Å². The maximum absolute atomic E-state index is 10.9. The van der Waals surface area contributed by atoms with Crippen molar-refractivity contribution < 1.29 is 25.0 Å². The van der Waals surface area contributed by atoms with E-state index in [0.29, 0.717) is 0 Å². The zero-order valence-electron chi connectivity index (χ0n) is 10.6. The number of nitro groups is 1. The van der Waals surface area contributed by atoms with Gasteiger partial charge >= 0.3 is 0 Å². The largest absolute Gasteiger partial charge is 0.388 e. The van der Waals surface area contributed by atoms with Crippen LogP contribution in [0.4, 0.5) is 5.69 Å². The summed E-state index contributed by atoms with van der Waals surface area (Å²) in [6, 6.07) is 4.29. The number of benzene rings is 1. The molecule has 0 amide bonds. The second kappa shape index (κ2) is 5.00. The molecule has 1 aliphatic heterocycles. The Labute approximate surface area is 117 Å². The van der Waals surface area contributed by atoms with Crippen LogP contribution in [-0.2, 0) is 4.74 Å². The fraction of sp³-hybridized carbons (Fsp3) is 0.455. The molecule has 4 atom stereocenters. The van der Waals surface area contributed by atoms with Crippen LogP contribution in [0.3, 0.4) is 0 Å². The van der Waals surface area contributed by atoms with Crippen LogP contribution in [0.5, 0.6) is 0 Å². The summed E-state index contributed by atoms with van der Waals surface area (Å²) in [6.07, 6.45) is -5.13. The molecule has 1 fully saturated rings. The van der Waals surface area contributed by atoms with Crippen molar-refractivity contribution in [1.82, 2.24) is 15.0 Å². The molecule has 3 N–H and O–H groups in total. The first-order valence-electron chi connectivity index (χ1n) is 6.15. The van der Waals surface area contributed by atoms with Gasteiger partial charge in [0.25, 0.3) is 5.69 Å². The molecule has 3 rings (SSSR count). The summed E-state index contributed by atoms with van der Waals surface area (Å²) >= 11 is 0. The predicted molar refractivity (Wildman–Crippen MR) is 67.2 cm³/mol. The third kappa shape index (κ3) is 2.14. The number of nitrogens with zero attached hydrogens (tertiary/aromatic N) is 4. The first-order chi connectivity index (χ1) is 10.0. The molecule has 10 heteroatoms. The van der Waals surface area contributed by atoms with E-state index in [4.69, 9.17) is 4.74 Å². The second-order valence-corrected chi connectivity index (χ2v) is 4.71. The van der Waals surface area contributed by atoms with Crippen LogP contribution < -0.4 is 0 Å². The molecule has 2 heterocycles. The van der Waals surface area contributed by atoms with Gasteiger partial charge in [-0.15, -0.1) is 5.10 Å². The van der Waals surface area contributed by atoms with Gasteiger partial charge in [-0.1, -0.05) is 11.3 Å². The van der Waals surface area contributed by atoms with Crippen LogP contribution in [0.25, 0.3) is 11.0 Å². The quantitative estimate of drug-likeness (QED) is 0.470. The highest BCUT2D eigenvalue weighted by Crippen LogP contribution is 2.29. The van der Waals surface area contributed by atoms with Gasteiger partial charge in [-0.3, -0.25) is 10.1 Å². The highest BCUT2D eigenvalue weighted by molar-refractivity contribution is 5.83. The Hall–Kier alpha value is -2.14. The standard InChI is InChI=1S/C11H12N4O6/c16-7-4-21-11(10(18)9(7)17)14-5-2-1-3-6(15(19)20)8(5)12-13-14/h1-3,7,9-11,16-18H,4H2/t7-,9+,10+,11+/m1/s1. The number of ether oxygens (including phenoxy) is 1. The Morgan fingerprint density at radius 1 is 1.33 bits per heavy atom. The maximum Gasteiger partial charge on any atom is 0.299 e. The molecular weight excluding hydrogens is 284 g/mol. The number of aliphatic hydroxyl groups excluding tert-OH is 3. The monoisotopic (exact) mass is 296 g/mol. The number of aliphatic hydroxyl groups is 3. The molecule has 1 aromatic carbocycles. The van der Waals surface area contributed by atoms with Crippen LogP contribution >= 0.6 is 0 Å². The van der Waals surface area contributed by atoms with E-state index in [1.165, 1.54) is 18.2 Å². The first-order valence-corrected chi connectivity index (χ1v) is 6.15. The summed E-state index contributed by atoms with van der Waals surface area (Å²) in [7, 11) is 0. The Kier molecular flexibility index (Phi) is 3.29. The summed E-state index contributed by atoms with van der Waals surface area (Å²) in [5.74, 6) is 0. The normalized spacial score (nSPS) is 29.7. The van der Waals surface area contributed by atoms with Gasteiger partial charge in [0, 0.05) is 6.07 Å². The van der Waals surface area contributed by atoms with Gasteiger partial charge in [0.2, 0.25) is 0 Å². The molecular formula is C11H12N4O6. The Morgan fingerprint density at radius 2 is 2.10 bits per heavy atom. The minimum atomic E-state index is -1.43. The number of hydrogen-bond acceptors (Lipinski definition) is 8. The zero-order valence-corrected chi connectivity index (χ0v) is 10.6. The lowest BCUT2D eigenvalue weighted by Crippen LogP contribution is -2.50. The van der Waals surface area contributed by atoms with Crippen molar-refractivity contribution in [3.63, 3.8) is 0 Å². The highest BCUT2D eigenvalue weighted by atomic mass is 16.6. The Bertz CT molecular complexity index is 688. The summed E-state index contributed by atoms with van der Waals surface area (Å²) < 4.78 is 6.41. The van der Waals surface area contributed by atoms with Gasteiger partial charge in [-0.05, 0) is 6.07 Å². The number of non-ortho nitro benzene ring substituents is 1. The second-order valence-electron chi connectivity index (χ2n) is 4.71. The molecule has 0 aliphatic carbocycles. The number of fused-ring (bicyclic) bond motifs is 1. The highest BCUT2D eigenvalue weighted by Gasteiger charge is 2.40. The van der Waals surface area contributed by atoms with Crippen molar-refractivity contribution in [2.24, 2.45) is 0 Å². The molecule has 1 aliphatic rings. The molecule has 1 aromatic heterocycles. The molecule has 0 unspecified atom stereocenters. The van der Waals surface area contributed by atoms with Crippen molar-refractivity contribution in [3.05, 3.63) is 28.3 Å². The predicted octanol–water partition coefficient (Wildman–Crippen LogP) is -1.05. The SMILES string of the molecule is O=[N+]([O-])c1cccc2c1nnn2[C@H]1OC[C@@H](O)[C@H](O)[C@@H]1O. The van der Waals surface area contributed by atoms with Gasteiger partial charge in [-0.2, -0.15) is 0 Å². The van der Waals surface area contributed by atoms with Gasteiger partial charge in [-0.25, -0.2) is 4.68 Å². The van der Waals surface area contributed by atoms with Crippen LogP contribution in [0, 0.1) is 10.1 Å². The van der Waals surface area contributed by atoms with Crippen molar-refractivity contribution in [2.45, 2.75) is 24.5 Å². The van der Waals surface area contributed by atoms with Gasteiger partial charge < -0.3 is 20.1 Å². The van der Waals surface area contributed by atoms with Crippen LogP contribution in [0.2, 0.25) is 0 Å². The van der Waals surface area contributed by atoms with E-state index in [0.717, 1.165) is 4.68 Å². The summed E-state index contributed by atoms with van der Waals surface area (Å²) in [6.45, 7) is -0.195. The minimum absolute atomic E-state index is 0.0545. The number of aromatic nitrogens is 3. The number of hydrogen-bond donors (Lipinski definition) is 3. The van der Waals surface area contributed by atoms with Crippen molar-refractivity contribution in [2.75, 3.05) is 6.61 Å². The lowest BCUT2D eigenvalue weighted by atomic mass is 10.0. The first kappa shape index (κ1) is 13.8. The third-order valence-electron chi connectivity index (χ3n) is 3.39.